The Morgan fingerprint density at radius 2 is 1.94 bits per heavy atom. The van der Waals surface area contributed by atoms with Crippen LogP contribution in [0.3, 0.4) is 0 Å². The van der Waals surface area contributed by atoms with E-state index in [0.717, 1.165) is 0 Å². The van der Waals surface area contributed by atoms with Gasteiger partial charge in [-0.1, -0.05) is 0 Å². The molecule has 0 amide bonds. The van der Waals surface area contributed by atoms with Gasteiger partial charge in [-0.2, -0.15) is 0 Å². The van der Waals surface area contributed by atoms with E-state index in [0.29, 0.717) is 37.7 Å². The summed E-state index contributed by atoms with van der Waals surface area (Å²) in [5, 5.41) is 9.51. The molecular formula is C13H19FO4. The second-order valence-corrected chi connectivity index (χ2v) is 3.81. The normalized spacial score (nSPS) is 12.4. The largest absolute Gasteiger partial charge is 0.491 e. The molecule has 0 saturated carbocycles. The van der Waals surface area contributed by atoms with Crippen LogP contribution in [0.15, 0.2) is 18.2 Å². The van der Waals surface area contributed by atoms with Crippen molar-refractivity contribution >= 4 is 0 Å². The van der Waals surface area contributed by atoms with Gasteiger partial charge in [0, 0.05) is 12.7 Å². The number of ether oxygens (including phenoxy) is 3. The maximum absolute atomic E-state index is 13.0. The van der Waals surface area contributed by atoms with E-state index in [9.17, 15) is 9.50 Å². The van der Waals surface area contributed by atoms with Crippen LogP contribution in [-0.2, 0) is 9.47 Å². The van der Waals surface area contributed by atoms with Gasteiger partial charge in [-0.3, -0.25) is 0 Å². The summed E-state index contributed by atoms with van der Waals surface area (Å²) in [6, 6.07) is 4.07. The number of benzene rings is 1. The maximum atomic E-state index is 13.0. The Balaban J connectivity index is 2.42. The molecule has 0 radical (unpaired) electrons. The zero-order chi connectivity index (χ0) is 13.4. The van der Waals surface area contributed by atoms with Crippen molar-refractivity contribution in [3.05, 3.63) is 29.6 Å². The molecule has 0 aliphatic rings. The van der Waals surface area contributed by atoms with E-state index in [1.54, 1.807) is 14.0 Å². The minimum Gasteiger partial charge on any atom is -0.491 e. The van der Waals surface area contributed by atoms with Crippen LogP contribution in [0.1, 0.15) is 18.6 Å². The number of hydrogen-bond donors (Lipinski definition) is 1. The van der Waals surface area contributed by atoms with E-state index in [1.165, 1.54) is 18.2 Å². The Bertz CT molecular complexity index is 355. The molecule has 0 saturated heterocycles. The third kappa shape index (κ3) is 5.00. The highest BCUT2D eigenvalue weighted by molar-refractivity contribution is 5.35. The highest BCUT2D eigenvalue weighted by Gasteiger charge is 2.10. The summed E-state index contributed by atoms with van der Waals surface area (Å²) in [7, 11) is 1.60. The van der Waals surface area contributed by atoms with E-state index < -0.39 is 11.9 Å². The van der Waals surface area contributed by atoms with Crippen LogP contribution in [-0.4, -0.2) is 38.6 Å². The molecule has 0 bridgehead atoms. The van der Waals surface area contributed by atoms with E-state index in [1.807, 2.05) is 0 Å². The number of halogens is 1. The minimum atomic E-state index is -0.773. The Morgan fingerprint density at radius 3 is 2.61 bits per heavy atom. The predicted molar refractivity (Wildman–Crippen MR) is 65.2 cm³/mol. The van der Waals surface area contributed by atoms with Gasteiger partial charge >= 0.3 is 0 Å². The molecular weight excluding hydrogens is 239 g/mol. The Hall–Kier alpha value is -1.17. The molecule has 0 aromatic heterocycles. The van der Waals surface area contributed by atoms with Crippen LogP contribution in [0.5, 0.6) is 5.75 Å². The number of rotatable bonds is 8. The SMILES string of the molecule is COCCOCCOc1ccc(F)cc1C(C)O. The molecule has 1 aromatic carbocycles. The Labute approximate surface area is 106 Å². The average molecular weight is 258 g/mol. The highest BCUT2D eigenvalue weighted by atomic mass is 19.1. The van der Waals surface area contributed by atoms with Gasteiger partial charge in [-0.25, -0.2) is 4.39 Å². The van der Waals surface area contributed by atoms with Crippen molar-refractivity contribution in [1.29, 1.82) is 0 Å². The van der Waals surface area contributed by atoms with Crippen LogP contribution in [0, 0.1) is 5.82 Å². The van der Waals surface area contributed by atoms with Gasteiger partial charge in [0.15, 0.2) is 0 Å². The molecule has 1 aromatic rings. The Morgan fingerprint density at radius 1 is 1.22 bits per heavy atom. The quantitative estimate of drug-likeness (QED) is 0.724. The average Bonchev–Trinajstić information content (AvgIpc) is 2.35. The van der Waals surface area contributed by atoms with Crippen molar-refractivity contribution in [2.75, 3.05) is 33.5 Å². The molecule has 0 spiro atoms. The number of aliphatic hydroxyl groups is 1. The smallest absolute Gasteiger partial charge is 0.125 e. The lowest BCUT2D eigenvalue weighted by Gasteiger charge is -2.13. The molecule has 0 fully saturated rings. The summed E-state index contributed by atoms with van der Waals surface area (Å²) in [6.45, 7) is 3.37. The molecule has 1 unspecified atom stereocenters. The summed E-state index contributed by atoms with van der Waals surface area (Å²) in [5.41, 5.74) is 0.437. The highest BCUT2D eigenvalue weighted by Crippen LogP contribution is 2.25. The lowest BCUT2D eigenvalue weighted by molar-refractivity contribution is 0.0537. The van der Waals surface area contributed by atoms with Crippen molar-refractivity contribution in [3.63, 3.8) is 0 Å². The summed E-state index contributed by atoms with van der Waals surface area (Å²) in [5.74, 6) is 0.0799. The lowest BCUT2D eigenvalue weighted by atomic mass is 10.1. The summed E-state index contributed by atoms with van der Waals surface area (Å²) in [6.07, 6.45) is -0.773. The van der Waals surface area contributed by atoms with Gasteiger partial charge in [-0.05, 0) is 25.1 Å². The summed E-state index contributed by atoms with van der Waals surface area (Å²) in [4.78, 5) is 0. The third-order valence-electron chi connectivity index (χ3n) is 2.34. The molecule has 1 N–H and O–H groups in total. The fraction of sp³-hybridized carbons (Fsp3) is 0.538. The minimum absolute atomic E-state index is 0.342. The van der Waals surface area contributed by atoms with E-state index in [-0.39, 0.29) is 0 Å². The van der Waals surface area contributed by atoms with Gasteiger partial charge < -0.3 is 19.3 Å². The summed E-state index contributed by atoms with van der Waals surface area (Å²) >= 11 is 0. The van der Waals surface area contributed by atoms with Crippen molar-refractivity contribution < 1.29 is 23.7 Å². The van der Waals surface area contributed by atoms with Crippen molar-refractivity contribution in [1.82, 2.24) is 0 Å². The van der Waals surface area contributed by atoms with Gasteiger partial charge in [0.05, 0.1) is 25.9 Å². The van der Waals surface area contributed by atoms with Crippen LogP contribution in [0.25, 0.3) is 0 Å². The molecule has 0 aliphatic heterocycles. The third-order valence-corrected chi connectivity index (χ3v) is 2.34. The van der Waals surface area contributed by atoms with Crippen LogP contribution < -0.4 is 4.74 Å². The van der Waals surface area contributed by atoms with Crippen LogP contribution in [0.2, 0.25) is 0 Å². The number of hydrogen-bond acceptors (Lipinski definition) is 4. The fourth-order valence-corrected chi connectivity index (χ4v) is 1.43. The van der Waals surface area contributed by atoms with Crippen LogP contribution >= 0.6 is 0 Å². The Kier molecular flexibility index (Phi) is 6.64. The molecule has 18 heavy (non-hydrogen) atoms. The lowest BCUT2D eigenvalue weighted by Crippen LogP contribution is -2.11. The molecule has 4 nitrogen and oxygen atoms in total. The molecule has 1 rings (SSSR count). The summed E-state index contributed by atoms with van der Waals surface area (Å²) < 4.78 is 28.5. The zero-order valence-corrected chi connectivity index (χ0v) is 10.7. The van der Waals surface area contributed by atoms with E-state index in [2.05, 4.69) is 0 Å². The fourth-order valence-electron chi connectivity index (χ4n) is 1.43. The zero-order valence-electron chi connectivity index (χ0n) is 10.7. The van der Waals surface area contributed by atoms with Crippen LogP contribution in [0.4, 0.5) is 4.39 Å². The second kappa shape index (κ2) is 8.02. The van der Waals surface area contributed by atoms with Crippen molar-refractivity contribution in [2.45, 2.75) is 13.0 Å². The standard InChI is InChI=1S/C13H19FO4/c1-10(15)12-9-11(14)3-4-13(12)18-8-7-17-6-5-16-2/h3-4,9-10,15H,5-8H2,1-2H3. The number of methoxy groups -OCH3 is 1. The first-order valence-electron chi connectivity index (χ1n) is 5.82. The maximum Gasteiger partial charge on any atom is 0.125 e. The molecule has 5 heteroatoms. The van der Waals surface area contributed by atoms with Gasteiger partial charge in [0.25, 0.3) is 0 Å². The topological polar surface area (TPSA) is 47.9 Å². The first kappa shape index (κ1) is 14.9. The first-order valence-corrected chi connectivity index (χ1v) is 5.82. The van der Waals surface area contributed by atoms with Gasteiger partial charge in [0.1, 0.15) is 18.2 Å². The molecule has 1 atom stereocenters. The monoisotopic (exact) mass is 258 g/mol. The first-order chi connectivity index (χ1) is 8.65. The predicted octanol–water partition coefficient (Wildman–Crippen LogP) is 1.92. The van der Waals surface area contributed by atoms with Crippen molar-refractivity contribution in [3.8, 4) is 5.75 Å². The van der Waals surface area contributed by atoms with E-state index in [4.69, 9.17) is 14.2 Å². The molecule has 0 aliphatic carbocycles. The molecule has 102 valence electrons. The van der Waals surface area contributed by atoms with E-state index >= 15 is 0 Å². The number of aliphatic hydroxyl groups excluding tert-OH is 1. The van der Waals surface area contributed by atoms with Gasteiger partial charge in [-0.15, -0.1) is 0 Å². The van der Waals surface area contributed by atoms with Crippen molar-refractivity contribution in [2.24, 2.45) is 0 Å². The second-order valence-electron chi connectivity index (χ2n) is 3.81. The molecule has 0 heterocycles. The van der Waals surface area contributed by atoms with Gasteiger partial charge in [0.2, 0.25) is 0 Å².